The summed E-state index contributed by atoms with van der Waals surface area (Å²) in [5, 5.41) is 14.9. The predicted molar refractivity (Wildman–Crippen MR) is 93.9 cm³/mol. The van der Waals surface area contributed by atoms with E-state index >= 15 is 0 Å². The number of anilines is 2. The van der Waals surface area contributed by atoms with E-state index in [4.69, 9.17) is 0 Å². The molecule has 0 atom stereocenters. The number of carbonyl (C=O) groups is 2. The summed E-state index contributed by atoms with van der Waals surface area (Å²) < 4.78 is 39.2. The van der Waals surface area contributed by atoms with Crippen molar-refractivity contribution in [2.75, 3.05) is 10.6 Å². The molecule has 0 aromatic heterocycles. The van der Waals surface area contributed by atoms with E-state index in [0.717, 1.165) is 6.07 Å². The summed E-state index contributed by atoms with van der Waals surface area (Å²) in [5.41, 5.74) is -0.911. The summed E-state index contributed by atoms with van der Waals surface area (Å²) in [6.07, 6.45) is -4.61. The van der Waals surface area contributed by atoms with Gasteiger partial charge in [-0.05, 0) is 62.2 Å². The molecule has 5 nitrogen and oxygen atoms in total. The van der Waals surface area contributed by atoms with E-state index in [0.29, 0.717) is 17.3 Å². The third-order valence-electron chi connectivity index (χ3n) is 4.67. The van der Waals surface area contributed by atoms with E-state index in [1.807, 2.05) is 0 Å². The van der Waals surface area contributed by atoms with Crippen molar-refractivity contribution in [1.82, 2.24) is 0 Å². The minimum absolute atomic E-state index is 0.151. The van der Waals surface area contributed by atoms with Crippen LogP contribution in [-0.2, 0) is 16.4 Å². The maximum Gasteiger partial charge on any atom is 0.416 e. The number of aryl methyl sites for hydroxylation is 1. The average Bonchev–Trinajstić information content (AvgIpc) is 2.78. The standard InChI is InChI=1S/C19H17F3N2O3/c1-9-6-15(25)14(8-11(9)19(20,21)22)23-16(26)10-4-5-13-12(7-10)18(2,3)17(27)24-13/h4-8,25H,1-3H3,(H,23,26)(H,24,27). The van der Waals surface area contributed by atoms with Gasteiger partial charge in [0.1, 0.15) is 5.75 Å². The minimum atomic E-state index is -4.61. The second-order valence-electron chi connectivity index (χ2n) is 6.98. The first-order valence-electron chi connectivity index (χ1n) is 8.09. The van der Waals surface area contributed by atoms with Crippen LogP contribution in [0.25, 0.3) is 0 Å². The molecule has 0 spiro atoms. The molecule has 2 aromatic carbocycles. The first-order chi connectivity index (χ1) is 12.4. The Kier molecular flexibility index (Phi) is 4.17. The second-order valence-corrected chi connectivity index (χ2v) is 6.98. The molecular formula is C19H17F3N2O3. The van der Waals surface area contributed by atoms with Crippen molar-refractivity contribution < 1.29 is 27.9 Å². The number of hydrogen-bond acceptors (Lipinski definition) is 3. The van der Waals surface area contributed by atoms with Gasteiger partial charge in [-0.1, -0.05) is 0 Å². The number of alkyl halides is 3. The molecule has 0 bridgehead atoms. The highest BCUT2D eigenvalue weighted by Crippen LogP contribution is 2.39. The molecule has 1 heterocycles. The van der Waals surface area contributed by atoms with Crippen LogP contribution in [0.2, 0.25) is 0 Å². The zero-order valence-corrected chi connectivity index (χ0v) is 14.8. The topological polar surface area (TPSA) is 78.4 Å². The van der Waals surface area contributed by atoms with Crippen LogP contribution in [0.5, 0.6) is 5.75 Å². The van der Waals surface area contributed by atoms with Crippen LogP contribution in [0, 0.1) is 6.92 Å². The normalized spacial score (nSPS) is 15.3. The summed E-state index contributed by atoms with van der Waals surface area (Å²) in [5.74, 6) is -1.37. The van der Waals surface area contributed by atoms with Crippen LogP contribution in [0.3, 0.4) is 0 Å². The second kappa shape index (κ2) is 6.00. The molecular weight excluding hydrogens is 361 g/mol. The molecule has 3 rings (SSSR count). The van der Waals surface area contributed by atoms with E-state index < -0.39 is 28.8 Å². The molecule has 0 radical (unpaired) electrons. The Morgan fingerprint density at radius 2 is 1.85 bits per heavy atom. The molecule has 0 fully saturated rings. The summed E-state index contributed by atoms with van der Waals surface area (Å²) in [6.45, 7) is 4.63. The molecule has 1 aliphatic rings. The van der Waals surface area contributed by atoms with E-state index in [-0.39, 0.29) is 22.7 Å². The first-order valence-corrected chi connectivity index (χ1v) is 8.09. The lowest BCUT2D eigenvalue weighted by molar-refractivity contribution is -0.138. The molecule has 142 valence electrons. The number of phenolic OH excluding ortho intramolecular Hbond substituents is 1. The highest BCUT2D eigenvalue weighted by atomic mass is 19.4. The van der Waals surface area contributed by atoms with Gasteiger partial charge in [0.2, 0.25) is 5.91 Å². The van der Waals surface area contributed by atoms with Crippen molar-refractivity contribution in [3.63, 3.8) is 0 Å². The van der Waals surface area contributed by atoms with E-state index in [9.17, 15) is 27.9 Å². The van der Waals surface area contributed by atoms with Crippen LogP contribution < -0.4 is 10.6 Å². The van der Waals surface area contributed by atoms with Crippen LogP contribution in [0.4, 0.5) is 24.5 Å². The fourth-order valence-electron chi connectivity index (χ4n) is 3.01. The Bertz CT molecular complexity index is 965. The van der Waals surface area contributed by atoms with Gasteiger partial charge in [-0.3, -0.25) is 9.59 Å². The SMILES string of the molecule is Cc1cc(O)c(NC(=O)c2ccc3c(c2)C(C)(C)C(=O)N3)cc1C(F)(F)F. The van der Waals surface area contributed by atoms with Crippen molar-refractivity contribution in [3.05, 3.63) is 52.6 Å². The number of halogens is 3. The number of rotatable bonds is 2. The van der Waals surface area contributed by atoms with Gasteiger partial charge in [-0.25, -0.2) is 0 Å². The molecule has 0 saturated heterocycles. The van der Waals surface area contributed by atoms with Gasteiger partial charge in [-0.15, -0.1) is 0 Å². The van der Waals surface area contributed by atoms with Gasteiger partial charge in [0.15, 0.2) is 0 Å². The Morgan fingerprint density at radius 3 is 2.48 bits per heavy atom. The lowest BCUT2D eigenvalue weighted by atomic mass is 9.85. The summed E-state index contributed by atoms with van der Waals surface area (Å²) in [7, 11) is 0. The largest absolute Gasteiger partial charge is 0.506 e. The number of amides is 2. The number of hydrogen-bond donors (Lipinski definition) is 3. The van der Waals surface area contributed by atoms with Crippen molar-refractivity contribution in [2.45, 2.75) is 32.4 Å². The molecule has 1 aliphatic heterocycles. The third-order valence-corrected chi connectivity index (χ3v) is 4.67. The highest BCUT2D eigenvalue weighted by molar-refractivity contribution is 6.09. The van der Waals surface area contributed by atoms with Crippen LogP contribution in [0.15, 0.2) is 30.3 Å². The summed E-state index contributed by atoms with van der Waals surface area (Å²) in [4.78, 5) is 24.5. The quantitative estimate of drug-likeness (QED) is 0.686. The Labute approximate surface area is 153 Å². The Hall–Kier alpha value is -3.03. The van der Waals surface area contributed by atoms with Crippen LogP contribution in [-0.4, -0.2) is 16.9 Å². The fraction of sp³-hybridized carbons (Fsp3) is 0.263. The van der Waals surface area contributed by atoms with E-state index in [2.05, 4.69) is 10.6 Å². The van der Waals surface area contributed by atoms with Crippen LogP contribution >= 0.6 is 0 Å². The zero-order valence-electron chi connectivity index (χ0n) is 14.8. The zero-order chi connectivity index (χ0) is 20.1. The van der Waals surface area contributed by atoms with Crippen molar-refractivity contribution in [3.8, 4) is 5.75 Å². The van der Waals surface area contributed by atoms with Gasteiger partial charge in [0.25, 0.3) is 5.91 Å². The molecule has 0 aliphatic carbocycles. The molecule has 0 saturated carbocycles. The molecule has 27 heavy (non-hydrogen) atoms. The van der Waals surface area contributed by atoms with Gasteiger partial charge in [-0.2, -0.15) is 13.2 Å². The number of benzene rings is 2. The van der Waals surface area contributed by atoms with E-state index in [1.165, 1.54) is 19.1 Å². The van der Waals surface area contributed by atoms with E-state index in [1.54, 1.807) is 19.9 Å². The Balaban J connectivity index is 1.94. The molecule has 2 aromatic rings. The van der Waals surface area contributed by atoms with Gasteiger partial charge in [0, 0.05) is 11.3 Å². The maximum absolute atomic E-state index is 13.1. The number of carbonyl (C=O) groups excluding carboxylic acids is 2. The monoisotopic (exact) mass is 378 g/mol. The predicted octanol–water partition coefficient (Wildman–Crippen LogP) is 4.20. The highest BCUT2D eigenvalue weighted by Gasteiger charge is 2.38. The van der Waals surface area contributed by atoms with Crippen molar-refractivity contribution in [2.24, 2.45) is 0 Å². The minimum Gasteiger partial charge on any atom is -0.506 e. The molecule has 8 heteroatoms. The van der Waals surface area contributed by atoms with Crippen LogP contribution in [0.1, 0.15) is 40.9 Å². The van der Waals surface area contributed by atoms with Gasteiger partial charge >= 0.3 is 6.18 Å². The average molecular weight is 378 g/mol. The van der Waals surface area contributed by atoms with Gasteiger partial charge in [0.05, 0.1) is 16.7 Å². The van der Waals surface area contributed by atoms with Crippen molar-refractivity contribution >= 4 is 23.2 Å². The smallest absolute Gasteiger partial charge is 0.416 e. The third kappa shape index (κ3) is 3.22. The lowest BCUT2D eigenvalue weighted by Gasteiger charge is -2.16. The number of nitrogens with one attached hydrogen (secondary N) is 2. The Morgan fingerprint density at radius 1 is 1.19 bits per heavy atom. The lowest BCUT2D eigenvalue weighted by Crippen LogP contribution is -2.27. The first kappa shape index (κ1) is 18.8. The molecule has 2 amide bonds. The number of aromatic hydroxyl groups is 1. The number of fused-ring (bicyclic) bond motifs is 1. The molecule has 3 N–H and O–H groups in total. The maximum atomic E-state index is 13.1. The summed E-state index contributed by atoms with van der Waals surface area (Å²) >= 11 is 0. The molecule has 0 unspecified atom stereocenters. The summed E-state index contributed by atoms with van der Waals surface area (Å²) in [6, 6.07) is 6.18. The number of phenols is 1. The van der Waals surface area contributed by atoms with Gasteiger partial charge < -0.3 is 15.7 Å². The fourth-order valence-corrected chi connectivity index (χ4v) is 3.01. The van der Waals surface area contributed by atoms with Crippen molar-refractivity contribution in [1.29, 1.82) is 0 Å².